The van der Waals surface area contributed by atoms with Crippen molar-refractivity contribution in [1.82, 2.24) is 0 Å². The number of furan rings is 1. The highest BCUT2D eigenvalue weighted by atomic mass is 32.1. The van der Waals surface area contributed by atoms with Crippen LogP contribution < -0.4 is 4.90 Å². The van der Waals surface area contributed by atoms with Gasteiger partial charge in [-0.2, -0.15) is 0 Å². The second-order valence-electron chi connectivity index (χ2n) is 18.8. The molecule has 71 heavy (non-hydrogen) atoms. The van der Waals surface area contributed by atoms with Crippen LogP contribution in [-0.2, 0) is 0 Å². The molecule has 330 valence electrons. The van der Waals surface area contributed by atoms with Gasteiger partial charge in [-0.05, 0) is 149 Å². The molecule has 0 atom stereocenters. The van der Waals surface area contributed by atoms with Crippen molar-refractivity contribution in [3.63, 3.8) is 0 Å². The summed E-state index contributed by atoms with van der Waals surface area (Å²) in [7, 11) is 0. The maximum absolute atomic E-state index is 6.66. The summed E-state index contributed by atoms with van der Waals surface area (Å²) in [6.07, 6.45) is 0. The summed E-state index contributed by atoms with van der Waals surface area (Å²) in [6.45, 7) is 0. The first kappa shape index (κ1) is 39.9. The Hall–Kier alpha value is -9.02. The number of anilines is 3. The summed E-state index contributed by atoms with van der Waals surface area (Å²) in [6, 6.07) is 91.3. The zero-order chi connectivity index (χ0) is 46.6. The highest BCUT2D eigenvalue weighted by Crippen LogP contribution is 2.46. The normalized spacial score (nSPS) is 11.9. The predicted octanol–water partition coefficient (Wildman–Crippen LogP) is 20.2. The molecule has 0 unspecified atom stereocenters. The van der Waals surface area contributed by atoms with Gasteiger partial charge in [-0.25, -0.2) is 0 Å². The van der Waals surface area contributed by atoms with Gasteiger partial charge in [-0.15, -0.1) is 11.3 Å². The van der Waals surface area contributed by atoms with E-state index in [1.54, 1.807) is 0 Å². The second-order valence-corrected chi connectivity index (χ2v) is 19.9. The molecule has 0 amide bonds. The van der Waals surface area contributed by atoms with Crippen molar-refractivity contribution >= 4 is 124 Å². The number of nitrogens with zero attached hydrogens (tertiary/aromatic N) is 1. The zero-order valence-corrected chi connectivity index (χ0v) is 39.3. The van der Waals surface area contributed by atoms with E-state index in [0.29, 0.717) is 0 Å². The van der Waals surface area contributed by atoms with Crippen LogP contribution in [0.5, 0.6) is 0 Å². The Morgan fingerprint density at radius 1 is 0.296 bits per heavy atom. The summed E-state index contributed by atoms with van der Waals surface area (Å²) < 4.78 is 9.32. The molecule has 0 bridgehead atoms. The Morgan fingerprint density at radius 3 is 1.49 bits per heavy atom. The van der Waals surface area contributed by atoms with E-state index in [0.717, 1.165) is 44.7 Å². The Balaban J connectivity index is 0.850. The fourth-order valence-corrected chi connectivity index (χ4v) is 12.5. The van der Waals surface area contributed by atoms with Gasteiger partial charge in [0, 0.05) is 59.1 Å². The maximum atomic E-state index is 6.66. The van der Waals surface area contributed by atoms with Crippen molar-refractivity contribution in [1.29, 1.82) is 0 Å². The lowest BCUT2D eigenvalue weighted by Gasteiger charge is -2.27. The van der Waals surface area contributed by atoms with Crippen LogP contribution in [0.25, 0.3) is 129 Å². The minimum absolute atomic E-state index is 0.912. The van der Waals surface area contributed by atoms with Crippen LogP contribution in [0.1, 0.15) is 0 Å². The molecule has 0 saturated carbocycles. The number of thiophene rings is 1. The Morgan fingerprint density at radius 2 is 0.803 bits per heavy atom. The Kier molecular flexibility index (Phi) is 8.86. The lowest BCUT2D eigenvalue weighted by atomic mass is 9.95. The molecule has 2 heterocycles. The van der Waals surface area contributed by atoms with Gasteiger partial charge in [0.15, 0.2) is 0 Å². The first-order valence-corrected chi connectivity index (χ1v) is 25.1. The number of benzene rings is 13. The van der Waals surface area contributed by atoms with Gasteiger partial charge in [-0.1, -0.05) is 176 Å². The van der Waals surface area contributed by atoms with E-state index in [-0.39, 0.29) is 0 Å². The first-order chi connectivity index (χ1) is 35.1. The van der Waals surface area contributed by atoms with Crippen molar-refractivity contribution in [3.8, 4) is 33.4 Å². The Bertz CT molecular complexity index is 4660. The third-order valence-corrected chi connectivity index (χ3v) is 15.9. The van der Waals surface area contributed by atoms with Crippen LogP contribution in [-0.4, -0.2) is 0 Å². The van der Waals surface area contributed by atoms with Gasteiger partial charge >= 0.3 is 0 Å². The summed E-state index contributed by atoms with van der Waals surface area (Å²) in [5.41, 5.74) is 12.3. The topological polar surface area (TPSA) is 16.4 Å². The van der Waals surface area contributed by atoms with Crippen molar-refractivity contribution in [2.75, 3.05) is 4.90 Å². The van der Waals surface area contributed by atoms with Crippen molar-refractivity contribution in [2.24, 2.45) is 0 Å². The van der Waals surface area contributed by atoms with Gasteiger partial charge in [0.1, 0.15) is 11.2 Å². The van der Waals surface area contributed by atoms with Crippen LogP contribution in [0.4, 0.5) is 17.1 Å². The number of hydrogen-bond donors (Lipinski definition) is 0. The summed E-state index contributed by atoms with van der Waals surface area (Å²) in [5.74, 6) is 0. The number of rotatable bonds is 6. The molecule has 15 aromatic rings. The molecule has 3 heteroatoms. The van der Waals surface area contributed by atoms with E-state index < -0.39 is 0 Å². The van der Waals surface area contributed by atoms with Gasteiger partial charge in [0.2, 0.25) is 0 Å². The number of fused-ring (bicyclic) bond motifs is 13. The lowest BCUT2D eigenvalue weighted by Crippen LogP contribution is -2.10. The zero-order valence-electron chi connectivity index (χ0n) is 38.4. The third-order valence-electron chi connectivity index (χ3n) is 14.7. The monoisotopic (exact) mass is 919 g/mol. The van der Waals surface area contributed by atoms with Crippen molar-refractivity contribution < 1.29 is 4.42 Å². The average Bonchev–Trinajstić information content (AvgIpc) is 4.03. The van der Waals surface area contributed by atoms with E-state index >= 15 is 0 Å². The van der Waals surface area contributed by atoms with E-state index in [1.807, 2.05) is 11.3 Å². The molecule has 0 saturated heterocycles. The molecule has 2 nitrogen and oxygen atoms in total. The second kappa shape index (κ2) is 15.8. The summed E-state index contributed by atoms with van der Waals surface area (Å²) in [4.78, 5) is 2.41. The Labute approximate surface area is 413 Å². The SMILES string of the molecule is c1ccc(-c2ccc3cc(N(c4ccc5cc(-c6cccc7c6oc6ccc8ccccc8c67)ccc5c4)c4ccc5cc(-c6cc7ccccc7c7c6sc6ccccc67)ccc5c4)ccc3c2)cc1. The molecular weight excluding hydrogens is 879 g/mol. The molecule has 0 aliphatic carbocycles. The molecule has 0 spiro atoms. The highest BCUT2D eigenvalue weighted by molar-refractivity contribution is 7.26. The molecule has 0 aliphatic heterocycles. The van der Waals surface area contributed by atoms with E-state index in [4.69, 9.17) is 4.42 Å². The van der Waals surface area contributed by atoms with E-state index in [2.05, 4.69) is 254 Å². The van der Waals surface area contributed by atoms with Crippen molar-refractivity contribution in [2.45, 2.75) is 0 Å². The number of hydrogen-bond acceptors (Lipinski definition) is 3. The van der Waals surface area contributed by atoms with Gasteiger partial charge in [-0.3, -0.25) is 0 Å². The van der Waals surface area contributed by atoms with Gasteiger partial charge in [0.25, 0.3) is 0 Å². The molecule has 0 radical (unpaired) electrons. The van der Waals surface area contributed by atoms with Crippen molar-refractivity contribution in [3.05, 3.63) is 249 Å². The summed E-state index contributed by atoms with van der Waals surface area (Å²) in [5, 5.41) is 17.1. The lowest BCUT2D eigenvalue weighted by molar-refractivity contribution is 0.670. The van der Waals surface area contributed by atoms with E-state index in [9.17, 15) is 0 Å². The molecular formula is C68H41NOS. The van der Waals surface area contributed by atoms with Crippen LogP contribution in [0.2, 0.25) is 0 Å². The number of para-hydroxylation sites is 1. The smallest absolute Gasteiger partial charge is 0.143 e. The quantitative estimate of drug-likeness (QED) is 0.165. The fourth-order valence-electron chi connectivity index (χ4n) is 11.3. The molecule has 13 aromatic carbocycles. The largest absolute Gasteiger partial charge is 0.455 e. The maximum Gasteiger partial charge on any atom is 0.143 e. The molecule has 0 aliphatic rings. The minimum Gasteiger partial charge on any atom is -0.455 e. The van der Waals surface area contributed by atoms with Crippen LogP contribution >= 0.6 is 11.3 Å². The average molecular weight is 920 g/mol. The van der Waals surface area contributed by atoms with Crippen LogP contribution in [0.15, 0.2) is 253 Å². The molecule has 15 rings (SSSR count). The highest BCUT2D eigenvalue weighted by Gasteiger charge is 2.19. The van der Waals surface area contributed by atoms with E-state index in [1.165, 1.54) is 102 Å². The summed E-state index contributed by atoms with van der Waals surface area (Å²) >= 11 is 1.90. The fraction of sp³-hybridized carbons (Fsp3) is 0. The third kappa shape index (κ3) is 6.48. The van der Waals surface area contributed by atoms with Gasteiger partial charge < -0.3 is 9.32 Å². The molecule has 0 N–H and O–H groups in total. The van der Waals surface area contributed by atoms with Crippen LogP contribution in [0, 0.1) is 0 Å². The van der Waals surface area contributed by atoms with Crippen LogP contribution in [0.3, 0.4) is 0 Å². The minimum atomic E-state index is 0.912. The standard InChI is InChI=1S/C68H41NOS/c1-2-11-42(12-3-1)44-21-22-48-38-54(31-27-45(48)35-44)69(55-32-28-46-36-52(25-23-49(46)39-55)59-18-10-19-61-65-57-15-6-4-13-43(57)30-34-63(65)70-67(59)61)56-33-29-47-37-53(26-24-50(47)40-56)62-41-51-14-5-7-16-58(51)66-60-17-8-9-20-64(60)71-68(62)66/h1-41H. The molecule has 0 fully saturated rings. The first-order valence-electron chi connectivity index (χ1n) is 24.3. The predicted molar refractivity (Wildman–Crippen MR) is 305 cm³/mol. The molecule has 2 aromatic heterocycles. The van der Waals surface area contributed by atoms with Gasteiger partial charge in [0.05, 0.1) is 0 Å².